The van der Waals surface area contributed by atoms with Gasteiger partial charge in [0.15, 0.2) is 0 Å². The molecular weight excluding hydrogens is 298 g/mol. The van der Waals surface area contributed by atoms with Crippen LogP contribution in [0.4, 0.5) is 0 Å². The molecule has 1 saturated heterocycles. The number of benzene rings is 1. The summed E-state index contributed by atoms with van der Waals surface area (Å²) in [6.07, 6.45) is 7.22. The van der Waals surface area contributed by atoms with Crippen LogP contribution in [0.5, 0.6) is 0 Å². The molecule has 0 aromatic heterocycles. The van der Waals surface area contributed by atoms with Crippen molar-refractivity contribution in [2.75, 3.05) is 39.8 Å². The maximum Gasteiger partial charge on any atom is 0.221 e. The molecule has 1 aromatic rings. The molecule has 4 nitrogen and oxygen atoms in total. The minimum absolute atomic E-state index is 0.0764. The molecule has 2 atom stereocenters. The van der Waals surface area contributed by atoms with Crippen LogP contribution in [-0.4, -0.2) is 55.5 Å². The Morgan fingerprint density at radius 2 is 1.96 bits per heavy atom. The monoisotopic (exact) mass is 327 g/mol. The van der Waals surface area contributed by atoms with Gasteiger partial charge in [0, 0.05) is 39.1 Å². The number of likely N-dealkylation sites (N-methyl/N-ethyl adjacent to an activating group) is 1. The highest BCUT2D eigenvalue weighted by Crippen LogP contribution is 2.21. The van der Waals surface area contributed by atoms with Crippen molar-refractivity contribution in [1.82, 2.24) is 15.1 Å². The molecule has 1 amide bonds. The first-order valence-electron chi connectivity index (χ1n) is 9.12. The van der Waals surface area contributed by atoms with Gasteiger partial charge in [-0.15, -0.1) is 0 Å². The molecule has 2 aliphatic rings. The van der Waals surface area contributed by atoms with Crippen molar-refractivity contribution in [1.29, 1.82) is 0 Å². The number of hydrogen-bond donors (Lipinski definition) is 1. The predicted octanol–water partition coefficient (Wildman–Crippen LogP) is 2.45. The Balaban J connectivity index is 1.61. The first-order chi connectivity index (χ1) is 11.7. The highest BCUT2D eigenvalue weighted by atomic mass is 16.1. The van der Waals surface area contributed by atoms with E-state index in [1.807, 2.05) is 6.07 Å². The molecule has 3 rings (SSSR count). The lowest BCUT2D eigenvalue weighted by molar-refractivity contribution is -0.122. The lowest BCUT2D eigenvalue weighted by atomic mass is 10.0. The molecule has 4 heteroatoms. The van der Waals surface area contributed by atoms with E-state index < -0.39 is 0 Å². The molecule has 0 bridgehead atoms. The summed E-state index contributed by atoms with van der Waals surface area (Å²) in [4.78, 5) is 17.3. The minimum atomic E-state index is 0.0764. The van der Waals surface area contributed by atoms with Crippen molar-refractivity contribution in [2.45, 2.75) is 25.3 Å². The van der Waals surface area contributed by atoms with Crippen LogP contribution in [0.15, 0.2) is 42.5 Å². The molecule has 1 aliphatic carbocycles. The summed E-state index contributed by atoms with van der Waals surface area (Å²) in [6, 6.07) is 10.5. The highest BCUT2D eigenvalue weighted by Gasteiger charge is 2.22. The molecule has 0 spiro atoms. The van der Waals surface area contributed by atoms with E-state index in [4.69, 9.17) is 0 Å². The van der Waals surface area contributed by atoms with Crippen LogP contribution in [-0.2, 0) is 4.79 Å². The highest BCUT2D eigenvalue weighted by molar-refractivity contribution is 5.77. The second kappa shape index (κ2) is 8.45. The Morgan fingerprint density at radius 1 is 1.21 bits per heavy atom. The molecule has 1 aromatic carbocycles. The average molecular weight is 327 g/mol. The molecule has 0 unspecified atom stereocenters. The van der Waals surface area contributed by atoms with Crippen molar-refractivity contribution >= 4 is 5.91 Å². The standard InChI is InChI=1S/C20H29N3O/c1-22-11-13-23(14-12-22)16-19(18-9-3-2-4-10-18)21-20(24)15-17-7-5-6-8-17/h2-5,7,9-10,17,19H,6,8,11-16H2,1H3,(H,21,24)/t17-,19+/m1/s1. The Hall–Kier alpha value is -1.65. The van der Waals surface area contributed by atoms with Gasteiger partial charge in [0.1, 0.15) is 0 Å². The number of amides is 1. The minimum Gasteiger partial charge on any atom is -0.348 e. The van der Waals surface area contributed by atoms with Gasteiger partial charge in [-0.05, 0) is 31.4 Å². The molecule has 1 N–H and O–H groups in total. The van der Waals surface area contributed by atoms with E-state index in [0.29, 0.717) is 12.3 Å². The SMILES string of the molecule is CN1CCN(C[C@H](NC(=O)C[C@@H]2C=CCC2)c2ccccc2)CC1. The average Bonchev–Trinajstić information content (AvgIpc) is 3.10. The maximum absolute atomic E-state index is 12.5. The van der Waals surface area contributed by atoms with Crippen molar-refractivity contribution in [3.8, 4) is 0 Å². The number of rotatable bonds is 6. The summed E-state index contributed by atoms with van der Waals surface area (Å²) in [5.41, 5.74) is 1.20. The van der Waals surface area contributed by atoms with Crippen LogP contribution in [0, 0.1) is 5.92 Å². The maximum atomic E-state index is 12.5. The lowest BCUT2D eigenvalue weighted by Gasteiger charge is -2.35. The summed E-state index contributed by atoms with van der Waals surface area (Å²) in [5.74, 6) is 0.597. The quantitative estimate of drug-likeness (QED) is 0.815. The third-order valence-corrected chi connectivity index (χ3v) is 5.13. The van der Waals surface area contributed by atoms with Gasteiger partial charge in [-0.3, -0.25) is 9.69 Å². The number of allylic oxidation sites excluding steroid dienone is 2. The zero-order valence-corrected chi connectivity index (χ0v) is 14.7. The smallest absolute Gasteiger partial charge is 0.221 e. The van der Waals surface area contributed by atoms with Gasteiger partial charge in [-0.25, -0.2) is 0 Å². The summed E-state index contributed by atoms with van der Waals surface area (Å²) < 4.78 is 0. The molecule has 24 heavy (non-hydrogen) atoms. The molecule has 1 aliphatic heterocycles. The van der Waals surface area contributed by atoms with Crippen molar-refractivity contribution in [2.24, 2.45) is 5.92 Å². The number of nitrogens with zero attached hydrogens (tertiary/aromatic N) is 2. The van der Waals surface area contributed by atoms with Crippen molar-refractivity contribution in [3.63, 3.8) is 0 Å². The van der Waals surface area contributed by atoms with Gasteiger partial charge >= 0.3 is 0 Å². The first-order valence-corrected chi connectivity index (χ1v) is 9.12. The summed E-state index contributed by atoms with van der Waals surface area (Å²) in [7, 11) is 2.17. The van der Waals surface area contributed by atoms with E-state index in [1.165, 1.54) is 5.56 Å². The Morgan fingerprint density at radius 3 is 2.62 bits per heavy atom. The fourth-order valence-corrected chi connectivity index (χ4v) is 3.57. The number of carbonyl (C=O) groups is 1. The Labute approximate surface area is 145 Å². The molecule has 130 valence electrons. The predicted molar refractivity (Wildman–Crippen MR) is 97.7 cm³/mol. The van der Waals surface area contributed by atoms with E-state index in [1.54, 1.807) is 0 Å². The second-order valence-electron chi connectivity index (χ2n) is 7.10. The van der Waals surface area contributed by atoms with E-state index in [2.05, 4.69) is 58.6 Å². The number of hydrogen-bond acceptors (Lipinski definition) is 3. The van der Waals surface area contributed by atoms with Gasteiger partial charge in [0.05, 0.1) is 6.04 Å². The number of piperazine rings is 1. The third-order valence-electron chi connectivity index (χ3n) is 5.13. The van der Waals surface area contributed by atoms with Crippen molar-refractivity contribution < 1.29 is 4.79 Å². The Bertz CT molecular complexity index is 549. The first kappa shape index (κ1) is 17.2. The van der Waals surface area contributed by atoms with Gasteiger partial charge in [-0.1, -0.05) is 42.5 Å². The molecular formula is C20H29N3O. The van der Waals surface area contributed by atoms with E-state index >= 15 is 0 Å². The fraction of sp³-hybridized carbons (Fsp3) is 0.550. The van der Waals surface area contributed by atoms with Gasteiger partial charge in [0.25, 0.3) is 0 Å². The molecule has 1 heterocycles. The topological polar surface area (TPSA) is 35.6 Å². The lowest BCUT2D eigenvalue weighted by Crippen LogP contribution is -2.47. The summed E-state index contributed by atoms with van der Waals surface area (Å²) in [6.45, 7) is 5.23. The summed E-state index contributed by atoms with van der Waals surface area (Å²) >= 11 is 0. The molecule has 0 saturated carbocycles. The van der Waals surface area contributed by atoms with Crippen LogP contribution in [0.25, 0.3) is 0 Å². The largest absolute Gasteiger partial charge is 0.348 e. The van der Waals surface area contributed by atoms with Crippen molar-refractivity contribution in [3.05, 3.63) is 48.0 Å². The zero-order valence-electron chi connectivity index (χ0n) is 14.7. The number of carbonyl (C=O) groups excluding carboxylic acids is 1. The Kier molecular flexibility index (Phi) is 6.05. The van der Waals surface area contributed by atoms with E-state index in [-0.39, 0.29) is 11.9 Å². The normalized spacial score (nSPS) is 23.3. The zero-order chi connectivity index (χ0) is 16.8. The van der Waals surface area contributed by atoms with E-state index in [0.717, 1.165) is 45.6 Å². The van der Waals surface area contributed by atoms with Crippen LogP contribution in [0.2, 0.25) is 0 Å². The van der Waals surface area contributed by atoms with Crippen LogP contribution >= 0.6 is 0 Å². The van der Waals surface area contributed by atoms with Gasteiger partial charge < -0.3 is 10.2 Å². The number of nitrogens with one attached hydrogen (secondary N) is 1. The van der Waals surface area contributed by atoms with Crippen LogP contribution < -0.4 is 5.32 Å². The van der Waals surface area contributed by atoms with Gasteiger partial charge in [0.2, 0.25) is 5.91 Å². The molecule has 1 fully saturated rings. The third kappa shape index (κ3) is 4.92. The second-order valence-corrected chi connectivity index (χ2v) is 7.10. The fourth-order valence-electron chi connectivity index (χ4n) is 3.57. The van der Waals surface area contributed by atoms with Crippen LogP contribution in [0.1, 0.15) is 30.9 Å². The molecule has 0 radical (unpaired) electrons. The summed E-state index contributed by atoms with van der Waals surface area (Å²) in [5, 5.41) is 3.29. The van der Waals surface area contributed by atoms with E-state index in [9.17, 15) is 4.79 Å². The van der Waals surface area contributed by atoms with Gasteiger partial charge in [-0.2, -0.15) is 0 Å². The van der Waals surface area contributed by atoms with Crippen LogP contribution in [0.3, 0.4) is 0 Å².